The van der Waals surface area contributed by atoms with E-state index in [-0.39, 0.29) is 0 Å². The Morgan fingerprint density at radius 3 is 1.42 bits per heavy atom. The molecule has 0 rings (SSSR count). The molecule has 0 spiro atoms. The number of halogens is 6. The van der Waals surface area contributed by atoms with Gasteiger partial charge >= 0.3 is 12.4 Å². The Morgan fingerprint density at radius 1 is 1.00 bits per heavy atom. The lowest BCUT2D eigenvalue weighted by atomic mass is 10.1. The molecule has 0 aromatic heterocycles. The number of ether oxygens (including phenoxy) is 1. The highest BCUT2D eigenvalue weighted by atomic mass is 19.4. The Kier molecular flexibility index (Phi) is 3.37. The van der Waals surface area contributed by atoms with Gasteiger partial charge in [0.1, 0.15) is 0 Å². The molecule has 0 amide bonds. The average molecular weight is 195 g/mol. The van der Waals surface area contributed by atoms with E-state index in [2.05, 4.69) is 11.8 Å². The van der Waals surface area contributed by atoms with Gasteiger partial charge in [0.05, 0.1) is 13.7 Å². The summed E-state index contributed by atoms with van der Waals surface area (Å²) in [7, 11) is 2.45. The molecular formula is C5H5F6O. The molecule has 0 atom stereocenters. The van der Waals surface area contributed by atoms with E-state index in [0.717, 1.165) is 0 Å². The molecule has 0 saturated heterocycles. The molecule has 0 aromatic carbocycles. The van der Waals surface area contributed by atoms with Crippen molar-refractivity contribution < 1.29 is 31.1 Å². The van der Waals surface area contributed by atoms with Gasteiger partial charge < -0.3 is 4.74 Å². The maximum Gasteiger partial charge on any atom is 0.402 e. The first-order chi connectivity index (χ1) is 5.19. The first-order valence-corrected chi connectivity index (χ1v) is 2.70. The van der Waals surface area contributed by atoms with E-state index in [1.165, 1.54) is 0 Å². The van der Waals surface area contributed by atoms with E-state index < -0.39 is 24.9 Å². The van der Waals surface area contributed by atoms with Crippen molar-refractivity contribution in [2.24, 2.45) is 5.92 Å². The molecule has 0 bridgehead atoms. The Labute approximate surface area is 64.3 Å². The van der Waals surface area contributed by atoms with Crippen LogP contribution in [-0.4, -0.2) is 19.0 Å². The molecule has 0 heterocycles. The summed E-state index contributed by atoms with van der Waals surface area (Å²) in [6, 6.07) is 0. The lowest BCUT2D eigenvalue weighted by Crippen LogP contribution is -2.39. The largest absolute Gasteiger partial charge is 0.402 e. The fraction of sp³-hybridized carbons (Fsp3) is 0.800. The third-order valence-electron chi connectivity index (χ3n) is 1.07. The van der Waals surface area contributed by atoms with E-state index in [4.69, 9.17) is 0 Å². The molecule has 0 aliphatic heterocycles. The Morgan fingerprint density at radius 2 is 1.33 bits per heavy atom. The zero-order valence-electron chi connectivity index (χ0n) is 5.67. The van der Waals surface area contributed by atoms with Crippen molar-refractivity contribution in [1.82, 2.24) is 0 Å². The van der Waals surface area contributed by atoms with Crippen LogP contribution in [0.25, 0.3) is 0 Å². The maximum atomic E-state index is 11.6. The topological polar surface area (TPSA) is 9.23 Å². The zero-order valence-corrected chi connectivity index (χ0v) is 5.67. The highest BCUT2D eigenvalue weighted by Crippen LogP contribution is 2.39. The van der Waals surface area contributed by atoms with Crippen molar-refractivity contribution >= 4 is 0 Å². The summed E-state index contributed by atoms with van der Waals surface area (Å²) in [5.74, 6) is -3.46. The Hall–Kier alpha value is -0.460. The summed E-state index contributed by atoms with van der Waals surface area (Å²) in [6.07, 6.45) is -10.7. The third-order valence-corrected chi connectivity index (χ3v) is 1.07. The monoisotopic (exact) mass is 195 g/mol. The summed E-state index contributed by atoms with van der Waals surface area (Å²) in [4.78, 5) is 0. The van der Waals surface area contributed by atoms with Crippen molar-refractivity contribution in [3.05, 3.63) is 7.11 Å². The average Bonchev–Trinajstić information content (AvgIpc) is 1.77. The van der Waals surface area contributed by atoms with Gasteiger partial charge in [-0.1, -0.05) is 0 Å². The molecule has 0 unspecified atom stereocenters. The molecule has 0 aliphatic rings. The number of hydrogen-bond donors (Lipinski definition) is 0. The van der Waals surface area contributed by atoms with Gasteiger partial charge in [0.2, 0.25) is 0 Å². The van der Waals surface area contributed by atoms with Gasteiger partial charge in [-0.25, -0.2) is 0 Å². The summed E-state index contributed by atoms with van der Waals surface area (Å²) in [5.41, 5.74) is 0. The second-order valence-electron chi connectivity index (χ2n) is 2.01. The van der Waals surface area contributed by atoms with Gasteiger partial charge in [-0.05, 0) is 0 Å². The maximum absolute atomic E-state index is 11.6. The summed E-state index contributed by atoms with van der Waals surface area (Å²) >= 11 is 0. The second-order valence-corrected chi connectivity index (χ2v) is 2.01. The number of hydrogen-bond acceptors (Lipinski definition) is 1. The molecule has 0 aliphatic carbocycles. The van der Waals surface area contributed by atoms with Crippen molar-refractivity contribution in [3.63, 3.8) is 0 Å². The van der Waals surface area contributed by atoms with E-state index in [1.807, 2.05) is 0 Å². The van der Waals surface area contributed by atoms with Crippen LogP contribution in [0.5, 0.6) is 0 Å². The minimum atomic E-state index is -5.34. The van der Waals surface area contributed by atoms with Crippen molar-refractivity contribution in [3.8, 4) is 0 Å². The van der Waals surface area contributed by atoms with E-state index in [1.54, 1.807) is 0 Å². The second kappa shape index (κ2) is 3.51. The molecule has 73 valence electrons. The minimum absolute atomic E-state index is 1.51. The van der Waals surface area contributed by atoms with Crippen LogP contribution in [-0.2, 0) is 4.74 Å². The Bertz CT molecular complexity index is 122. The molecule has 1 nitrogen and oxygen atoms in total. The van der Waals surface area contributed by atoms with Crippen LogP contribution >= 0.6 is 0 Å². The first kappa shape index (κ1) is 11.5. The van der Waals surface area contributed by atoms with Gasteiger partial charge in [-0.15, -0.1) is 0 Å². The van der Waals surface area contributed by atoms with E-state index in [9.17, 15) is 26.3 Å². The highest BCUT2D eigenvalue weighted by molar-refractivity contribution is 4.74. The predicted molar refractivity (Wildman–Crippen MR) is 26.9 cm³/mol. The minimum Gasteiger partial charge on any atom is -0.378 e. The van der Waals surface area contributed by atoms with Crippen LogP contribution in [0, 0.1) is 13.0 Å². The molecular weight excluding hydrogens is 190 g/mol. The van der Waals surface area contributed by atoms with E-state index in [0.29, 0.717) is 0 Å². The zero-order chi connectivity index (χ0) is 9.99. The molecule has 0 saturated carbocycles. The number of alkyl halides is 6. The lowest BCUT2D eigenvalue weighted by molar-refractivity contribution is -0.291. The SMILES string of the molecule is [CH2]OCC(C(F)(F)F)C(F)(F)F. The summed E-state index contributed by atoms with van der Waals surface area (Å²) < 4.78 is 73.0. The fourth-order valence-corrected chi connectivity index (χ4v) is 0.492. The van der Waals surface area contributed by atoms with Crippen LogP contribution < -0.4 is 0 Å². The van der Waals surface area contributed by atoms with Gasteiger partial charge in [-0.3, -0.25) is 0 Å². The van der Waals surface area contributed by atoms with Crippen LogP contribution in [0.1, 0.15) is 0 Å². The smallest absolute Gasteiger partial charge is 0.378 e. The van der Waals surface area contributed by atoms with Crippen LogP contribution in [0.2, 0.25) is 0 Å². The molecule has 0 aromatic rings. The summed E-state index contributed by atoms with van der Waals surface area (Å²) in [5, 5.41) is 0. The highest BCUT2D eigenvalue weighted by Gasteiger charge is 2.56. The number of rotatable bonds is 2. The molecule has 1 radical (unpaired) electrons. The fourth-order valence-electron chi connectivity index (χ4n) is 0.492. The first-order valence-electron chi connectivity index (χ1n) is 2.70. The molecule has 12 heavy (non-hydrogen) atoms. The van der Waals surface area contributed by atoms with Crippen molar-refractivity contribution in [1.29, 1.82) is 0 Å². The normalized spacial score (nSPS) is 14.0. The predicted octanol–water partition coefficient (Wildman–Crippen LogP) is 2.54. The van der Waals surface area contributed by atoms with Gasteiger partial charge in [0.25, 0.3) is 0 Å². The van der Waals surface area contributed by atoms with Crippen LogP contribution in [0.4, 0.5) is 26.3 Å². The molecule has 0 N–H and O–H groups in total. The van der Waals surface area contributed by atoms with Crippen molar-refractivity contribution in [2.75, 3.05) is 6.61 Å². The standard InChI is InChI=1S/C5H5F6O/c1-12-2-3(4(6,7)8)5(9,10)11/h3H,1-2H2. The summed E-state index contributed by atoms with van der Waals surface area (Å²) in [6.45, 7) is -1.51. The van der Waals surface area contributed by atoms with E-state index >= 15 is 0 Å². The molecule has 7 heteroatoms. The quantitative estimate of drug-likeness (QED) is 0.615. The Balaban J connectivity index is 4.45. The lowest BCUT2D eigenvalue weighted by Gasteiger charge is -2.21. The molecule has 0 fully saturated rings. The van der Waals surface area contributed by atoms with Crippen LogP contribution in [0.15, 0.2) is 0 Å². The van der Waals surface area contributed by atoms with Gasteiger partial charge in [0.15, 0.2) is 5.92 Å². The van der Waals surface area contributed by atoms with Crippen LogP contribution in [0.3, 0.4) is 0 Å². The van der Waals surface area contributed by atoms with Gasteiger partial charge in [-0.2, -0.15) is 26.3 Å². The van der Waals surface area contributed by atoms with Crippen molar-refractivity contribution in [2.45, 2.75) is 12.4 Å². The third kappa shape index (κ3) is 3.29. The van der Waals surface area contributed by atoms with Gasteiger partial charge in [0, 0.05) is 0 Å².